The van der Waals surface area contributed by atoms with Crippen molar-refractivity contribution >= 4 is 11.5 Å². The highest BCUT2D eigenvalue weighted by atomic mass is 16.3. The predicted octanol–water partition coefficient (Wildman–Crippen LogP) is 0.375. The van der Waals surface area contributed by atoms with E-state index in [0.29, 0.717) is 24.4 Å². The van der Waals surface area contributed by atoms with Crippen molar-refractivity contribution in [1.29, 1.82) is 0 Å². The third kappa shape index (κ3) is 2.75. The molecule has 0 radical (unpaired) electrons. The van der Waals surface area contributed by atoms with Gasteiger partial charge in [-0.2, -0.15) is 0 Å². The smallest absolute Gasteiger partial charge is 0.200 e. The topological polar surface area (TPSA) is 101 Å². The second-order valence-electron chi connectivity index (χ2n) is 4.46. The standard InChI is InChI=1S/C12H14N6O2/c19-8-9(6-10-2-1-5-20-10)7-13-11-3-4-12-14-16-17-18(12)15-11/h1-5,9,19H,6-8H2,(H,13,15)/t9-/m1/s1. The van der Waals surface area contributed by atoms with Gasteiger partial charge in [0.25, 0.3) is 0 Å². The van der Waals surface area contributed by atoms with E-state index in [4.69, 9.17) is 4.42 Å². The van der Waals surface area contributed by atoms with E-state index in [1.54, 1.807) is 18.4 Å². The normalized spacial score (nSPS) is 12.7. The molecule has 3 rings (SSSR count). The molecule has 0 aromatic carbocycles. The molecule has 0 fully saturated rings. The van der Waals surface area contributed by atoms with Crippen LogP contribution in [0.5, 0.6) is 0 Å². The average Bonchev–Trinajstić information content (AvgIpc) is 3.13. The number of nitrogens with zero attached hydrogens (tertiary/aromatic N) is 5. The average molecular weight is 274 g/mol. The van der Waals surface area contributed by atoms with Gasteiger partial charge >= 0.3 is 0 Å². The van der Waals surface area contributed by atoms with Gasteiger partial charge in [0.15, 0.2) is 5.65 Å². The zero-order chi connectivity index (χ0) is 13.8. The highest BCUT2D eigenvalue weighted by molar-refractivity contribution is 5.42. The molecule has 0 spiro atoms. The molecule has 8 heteroatoms. The zero-order valence-electron chi connectivity index (χ0n) is 10.7. The van der Waals surface area contributed by atoms with Crippen molar-refractivity contribution in [3.05, 3.63) is 36.3 Å². The molecule has 0 aliphatic carbocycles. The zero-order valence-corrected chi connectivity index (χ0v) is 10.7. The van der Waals surface area contributed by atoms with Gasteiger partial charge in [-0.05, 0) is 34.7 Å². The summed E-state index contributed by atoms with van der Waals surface area (Å²) in [6.45, 7) is 0.651. The van der Waals surface area contributed by atoms with Gasteiger partial charge in [0.2, 0.25) is 0 Å². The number of hydrogen-bond acceptors (Lipinski definition) is 7. The Hall–Kier alpha value is -2.48. The van der Waals surface area contributed by atoms with Gasteiger partial charge < -0.3 is 14.8 Å². The minimum Gasteiger partial charge on any atom is -0.469 e. The van der Waals surface area contributed by atoms with Crippen molar-refractivity contribution in [2.45, 2.75) is 6.42 Å². The molecule has 1 atom stereocenters. The van der Waals surface area contributed by atoms with Gasteiger partial charge in [0.05, 0.1) is 6.26 Å². The van der Waals surface area contributed by atoms with E-state index >= 15 is 0 Å². The van der Waals surface area contributed by atoms with Crippen LogP contribution in [0.1, 0.15) is 5.76 Å². The number of furan rings is 1. The molecule has 20 heavy (non-hydrogen) atoms. The third-order valence-corrected chi connectivity index (χ3v) is 2.97. The Bertz CT molecular complexity index is 665. The number of aliphatic hydroxyl groups is 1. The van der Waals surface area contributed by atoms with Gasteiger partial charge in [-0.3, -0.25) is 0 Å². The Morgan fingerprint density at radius 2 is 2.30 bits per heavy atom. The number of rotatable bonds is 6. The van der Waals surface area contributed by atoms with Crippen molar-refractivity contribution in [1.82, 2.24) is 25.3 Å². The van der Waals surface area contributed by atoms with E-state index in [0.717, 1.165) is 5.76 Å². The summed E-state index contributed by atoms with van der Waals surface area (Å²) in [6, 6.07) is 7.31. The molecule has 3 aromatic heterocycles. The van der Waals surface area contributed by atoms with E-state index in [1.165, 1.54) is 4.63 Å². The summed E-state index contributed by atoms with van der Waals surface area (Å²) in [5.74, 6) is 1.56. The first kappa shape index (κ1) is 12.5. The highest BCUT2D eigenvalue weighted by Gasteiger charge is 2.11. The van der Waals surface area contributed by atoms with E-state index in [1.807, 2.05) is 12.1 Å². The van der Waals surface area contributed by atoms with Crippen molar-refractivity contribution in [2.75, 3.05) is 18.5 Å². The second-order valence-corrected chi connectivity index (χ2v) is 4.46. The molecular formula is C12H14N6O2. The Balaban J connectivity index is 1.61. The molecule has 3 heterocycles. The molecule has 8 nitrogen and oxygen atoms in total. The lowest BCUT2D eigenvalue weighted by molar-refractivity contribution is 0.226. The van der Waals surface area contributed by atoms with E-state index in [9.17, 15) is 5.11 Å². The fourth-order valence-corrected chi connectivity index (χ4v) is 1.91. The Kier molecular flexibility index (Phi) is 3.55. The molecule has 2 N–H and O–H groups in total. The van der Waals surface area contributed by atoms with Crippen LogP contribution < -0.4 is 5.32 Å². The van der Waals surface area contributed by atoms with Crippen LogP contribution in [-0.2, 0) is 6.42 Å². The van der Waals surface area contributed by atoms with Crippen LogP contribution in [0.2, 0.25) is 0 Å². The molecule has 0 unspecified atom stereocenters. The fourth-order valence-electron chi connectivity index (χ4n) is 1.91. The number of aliphatic hydroxyl groups excluding tert-OH is 1. The van der Waals surface area contributed by atoms with Crippen LogP contribution in [0.4, 0.5) is 5.82 Å². The van der Waals surface area contributed by atoms with Gasteiger partial charge in [0.1, 0.15) is 11.6 Å². The largest absolute Gasteiger partial charge is 0.469 e. The van der Waals surface area contributed by atoms with Gasteiger partial charge in [0, 0.05) is 25.5 Å². The summed E-state index contributed by atoms with van der Waals surface area (Å²) in [5, 5.41) is 27.8. The first-order valence-corrected chi connectivity index (χ1v) is 6.27. The number of hydrogen-bond donors (Lipinski definition) is 2. The van der Waals surface area contributed by atoms with E-state index < -0.39 is 0 Å². The van der Waals surface area contributed by atoms with Crippen molar-refractivity contribution in [3.8, 4) is 0 Å². The molecule has 0 amide bonds. The summed E-state index contributed by atoms with van der Waals surface area (Å²) in [7, 11) is 0. The number of nitrogens with one attached hydrogen (secondary N) is 1. The Labute approximate surface area is 114 Å². The minimum atomic E-state index is 0.0486. The summed E-state index contributed by atoms with van der Waals surface area (Å²) in [5.41, 5.74) is 0.588. The second kappa shape index (κ2) is 5.66. The maximum atomic E-state index is 9.40. The summed E-state index contributed by atoms with van der Waals surface area (Å²) in [4.78, 5) is 0. The van der Waals surface area contributed by atoms with E-state index in [2.05, 4.69) is 25.9 Å². The van der Waals surface area contributed by atoms with Gasteiger partial charge in [-0.1, -0.05) is 0 Å². The number of anilines is 1. The number of tetrazole rings is 1. The van der Waals surface area contributed by atoms with Crippen LogP contribution in [0.3, 0.4) is 0 Å². The predicted molar refractivity (Wildman–Crippen MR) is 70.1 cm³/mol. The third-order valence-electron chi connectivity index (χ3n) is 2.97. The first-order chi connectivity index (χ1) is 9.85. The molecule has 0 saturated heterocycles. The molecular weight excluding hydrogens is 260 g/mol. The lowest BCUT2D eigenvalue weighted by atomic mass is 10.1. The Morgan fingerprint density at radius 1 is 1.35 bits per heavy atom. The van der Waals surface area contributed by atoms with E-state index in [-0.39, 0.29) is 12.5 Å². The van der Waals surface area contributed by atoms with Crippen LogP contribution in [0.25, 0.3) is 5.65 Å². The van der Waals surface area contributed by atoms with Gasteiger partial charge in [-0.25, -0.2) is 0 Å². The minimum absolute atomic E-state index is 0.0486. The quantitative estimate of drug-likeness (QED) is 0.669. The lowest BCUT2D eigenvalue weighted by Gasteiger charge is -2.13. The number of aromatic nitrogens is 5. The highest BCUT2D eigenvalue weighted by Crippen LogP contribution is 2.11. The van der Waals surface area contributed by atoms with Crippen LogP contribution in [-0.4, -0.2) is 43.5 Å². The first-order valence-electron chi connectivity index (χ1n) is 6.27. The van der Waals surface area contributed by atoms with Crippen molar-refractivity contribution in [3.63, 3.8) is 0 Å². The maximum absolute atomic E-state index is 9.40. The summed E-state index contributed by atoms with van der Waals surface area (Å²) < 4.78 is 6.63. The number of fused-ring (bicyclic) bond motifs is 1. The Morgan fingerprint density at radius 3 is 3.10 bits per heavy atom. The van der Waals surface area contributed by atoms with Gasteiger partial charge in [-0.15, -0.1) is 14.8 Å². The maximum Gasteiger partial charge on any atom is 0.200 e. The molecule has 0 bridgehead atoms. The van der Waals surface area contributed by atoms with Crippen LogP contribution in [0.15, 0.2) is 34.9 Å². The van der Waals surface area contributed by atoms with Crippen LogP contribution in [0, 0.1) is 5.92 Å². The monoisotopic (exact) mass is 274 g/mol. The molecule has 0 saturated carbocycles. The van der Waals surface area contributed by atoms with Crippen LogP contribution >= 0.6 is 0 Å². The van der Waals surface area contributed by atoms with Crippen molar-refractivity contribution < 1.29 is 9.52 Å². The summed E-state index contributed by atoms with van der Waals surface area (Å²) in [6.07, 6.45) is 2.30. The molecule has 3 aromatic rings. The SMILES string of the molecule is OC[C@@H](CNc1ccc2nnnn2n1)Cc1ccco1. The lowest BCUT2D eigenvalue weighted by Crippen LogP contribution is -2.21. The molecule has 0 aliphatic heterocycles. The summed E-state index contributed by atoms with van der Waals surface area (Å²) >= 11 is 0. The fraction of sp³-hybridized carbons (Fsp3) is 0.333. The molecule has 0 aliphatic rings. The van der Waals surface area contributed by atoms with Crippen molar-refractivity contribution in [2.24, 2.45) is 5.92 Å². The molecule has 104 valence electrons.